The van der Waals surface area contributed by atoms with Crippen LogP contribution in [0.4, 0.5) is 0 Å². The van der Waals surface area contributed by atoms with Crippen LogP contribution in [0.2, 0.25) is 0 Å². The fraction of sp³-hybridized carbons (Fsp3) is 0. The Morgan fingerprint density at radius 3 is 2.85 bits per heavy atom. The van der Waals surface area contributed by atoms with Crippen LogP contribution in [0.1, 0.15) is 10.4 Å². The van der Waals surface area contributed by atoms with Gasteiger partial charge in [0.2, 0.25) is 0 Å². The van der Waals surface area contributed by atoms with Crippen molar-refractivity contribution in [2.24, 2.45) is 0 Å². The van der Waals surface area contributed by atoms with Gasteiger partial charge in [-0.15, -0.1) is 0 Å². The first kappa shape index (κ1) is 13.2. The van der Waals surface area contributed by atoms with Crippen molar-refractivity contribution in [3.05, 3.63) is 30.1 Å². The van der Waals surface area contributed by atoms with E-state index < -0.39 is 0 Å². The SMILES string of the molecule is O=Cc1ccc2nc[n-]c2c1.[W].[Y]. The molecule has 0 bridgehead atoms. The van der Waals surface area contributed by atoms with Crippen LogP contribution in [-0.2, 0) is 53.8 Å². The van der Waals surface area contributed by atoms with Crippen LogP contribution >= 0.6 is 0 Å². The average Bonchev–Trinajstić information content (AvgIpc) is 2.50. The van der Waals surface area contributed by atoms with Crippen LogP contribution < -0.4 is 4.98 Å². The summed E-state index contributed by atoms with van der Waals surface area (Å²) in [6, 6.07) is 5.23. The number of benzene rings is 1. The average molecular weight is 418 g/mol. The van der Waals surface area contributed by atoms with Crippen LogP contribution in [0.5, 0.6) is 0 Å². The van der Waals surface area contributed by atoms with Gasteiger partial charge in [-0.1, -0.05) is 18.5 Å². The maximum atomic E-state index is 10.3. The van der Waals surface area contributed by atoms with Gasteiger partial charge in [0.25, 0.3) is 0 Å². The van der Waals surface area contributed by atoms with E-state index in [2.05, 4.69) is 9.97 Å². The molecule has 0 fully saturated rings. The molecular formula is C8H5N2OWY-. The van der Waals surface area contributed by atoms with E-state index in [-0.39, 0.29) is 53.8 Å². The molecule has 2 aromatic rings. The molecule has 0 aliphatic rings. The summed E-state index contributed by atoms with van der Waals surface area (Å²) < 4.78 is 0. The largest absolute Gasteiger partial charge is 0.443 e. The monoisotopic (exact) mass is 418 g/mol. The number of aromatic nitrogens is 2. The maximum absolute atomic E-state index is 10.3. The molecule has 0 N–H and O–H groups in total. The standard InChI is InChI=1S/C8H6N2O.W.Y/c11-4-6-1-2-7-8(3-6)10-5-9-7;;/h1-5H,(H,9,10,11);;/p-1. The molecule has 0 aliphatic carbocycles. The molecule has 0 aliphatic heterocycles. The summed E-state index contributed by atoms with van der Waals surface area (Å²) in [5.74, 6) is 0. The zero-order valence-electron chi connectivity index (χ0n) is 6.68. The number of hydrogen-bond acceptors (Lipinski definition) is 2. The minimum Gasteiger partial charge on any atom is -0.443 e. The van der Waals surface area contributed by atoms with Gasteiger partial charge in [0.05, 0.1) is 0 Å². The molecule has 0 unspecified atom stereocenters. The molecule has 3 nitrogen and oxygen atoms in total. The summed E-state index contributed by atoms with van der Waals surface area (Å²) >= 11 is 0. The second kappa shape index (κ2) is 5.79. The number of nitrogens with zero attached hydrogens (tertiary/aromatic N) is 2. The topological polar surface area (TPSA) is 44.1 Å². The number of aldehydes is 1. The van der Waals surface area contributed by atoms with Gasteiger partial charge in [-0.3, -0.25) is 4.79 Å². The van der Waals surface area contributed by atoms with Crippen molar-refractivity contribution < 1.29 is 58.6 Å². The first-order valence-corrected chi connectivity index (χ1v) is 3.23. The van der Waals surface area contributed by atoms with Crippen LogP contribution in [0.25, 0.3) is 11.0 Å². The zero-order valence-corrected chi connectivity index (χ0v) is 12.4. The molecule has 63 valence electrons. The number of rotatable bonds is 1. The van der Waals surface area contributed by atoms with Crippen molar-refractivity contribution in [2.75, 3.05) is 0 Å². The molecule has 0 atom stereocenters. The Hall–Kier alpha value is 0.152. The van der Waals surface area contributed by atoms with Gasteiger partial charge in [-0.25, -0.2) is 0 Å². The number of imidazole rings is 1. The molecule has 1 heterocycles. The van der Waals surface area contributed by atoms with Gasteiger partial charge in [0.1, 0.15) is 6.29 Å². The fourth-order valence-corrected chi connectivity index (χ4v) is 0.980. The van der Waals surface area contributed by atoms with Crippen molar-refractivity contribution >= 4 is 17.3 Å². The molecular weight excluding hydrogens is 413 g/mol. The van der Waals surface area contributed by atoms with E-state index in [9.17, 15) is 4.79 Å². The minimum absolute atomic E-state index is 0. The molecule has 1 aromatic heterocycles. The molecule has 1 radical (unpaired) electrons. The summed E-state index contributed by atoms with van der Waals surface area (Å²) in [5.41, 5.74) is 2.24. The van der Waals surface area contributed by atoms with Crippen molar-refractivity contribution in [3.8, 4) is 0 Å². The quantitative estimate of drug-likeness (QED) is 0.650. The van der Waals surface area contributed by atoms with E-state index in [0.717, 1.165) is 17.3 Å². The van der Waals surface area contributed by atoms with Gasteiger partial charge in [0, 0.05) is 59.3 Å². The summed E-state index contributed by atoms with van der Waals surface area (Å²) in [7, 11) is 0. The molecule has 1 aromatic carbocycles. The first-order chi connectivity index (χ1) is 5.40. The van der Waals surface area contributed by atoms with E-state index >= 15 is 0 Å². The summed E-state index contributed by atoms with van der Waals surface area (Å²) in [6.07, 6.45) is 2.29. The Morgan fingerprint density at radius 1 is 1.38 bits per heavy atom. The molecule has 0 saturated carbocycles. The Kier molecular flexibility index (Phi) is 5.86. The van der Waals surface area contributed by atoms with Gasteiger partial charge >= 0.3 is 0 Å². The van der Waals surface area contributed by atoms with Crippen LogP contribution in [0, 0.1) is 0 Å². The predicted octanol–water partition coefficient (Wildman–Crippen LogP) is 0.999. The molecule has 0 amide bonds. The number of carbonyl (C=O) groups is 1. The number of fused-ring (bicyclic) bond motifs is 1. The Bertz CT molecular complexity index is 402. The normalized spacial score (nSPS) is 8.62. The van der Waals surface area contributed by atoms with E-state index in [0.29, 0.717) is 5.56 Å². The Morgan fingerprint density at radius 2 is 2.15 bits per heavy atom. The third-order valence-electron chi connectivity index (χ3n) is 1.53. The van der Waals surface area contributed by atoms with Crippen LogP contribution in [0.15, 0.2) is 24.5 Å². The second-order valence-electron chi connectivity index (χ2n) is 2.24. The van der Waals surface area contributed by atoms with E-state index in [1.54, 1.807) is 18.2 Å². The predicted molar refractivity (Wildman–Crippen MR) is 40.5 cm³/mol. The molecule has 2 rings (SSSR count). The van der Waals surface area contributed by atoms with Crippen molar-refractivity contribution in [3.63, 3.8) is 0 Å². The zero-order chi connectivity index (χ0) is 7.68. The van der Waals surface area contributed by atoms with E-state index in [4.69, 9.17) is 0 Å². The Balaban J connectivity index is 0.000000720. The van der Waals surface area contributed by atoms with Gasteiger partial charge in [-0.05, 0) is 17.1 Å². The maximum Gasteiger partial charge on any atom is 0.150 e. The fourth-order valence-electron chi connectivity index (χ4n) is 0.980. The third-order valence-corrected chi connectivity index (χ3v) is 1.53. The van der Waals surface area contributed by atoms with Crippen molar-refractivity contribution in [1.82, 2.24) is 9.97 Å². The van der Waals surface area contributed by atoms with Gasteiger partial charge in [-0.2, -0.15) is 0 Å². The van der Waals surface area contributed by atoms with Crippen LogP contribution in [-0.4, -0.2) is 11.3 Å². The molecule has 0 saturated heterocycles. The van der Waals surface area contributed by atoms with Gasteiger partial charge < -0.3 is 9.97 Å². The molecule has 13 heavy (non-hydrogen) atoms. The smallest absolute Gasteiger partial charge is 0.150 e. The Labute approximate surface area is 115 Å². The minimum atomic E-state index is 0. The van der Waals surface area contributed by atoms with Crippen LogP contribution in [0.3, 0.4) is 0 Å². The molecule has 0 spiro atoms. The third kappa shape index (κ3) is 2.80. The van der Waals surface area contributed by atoms with E-state index in [1.807, 2.05) is 0 Å². The first-order valence-electron chi connectivity index (χ1n) is 3.23. The van der Waals surface area contributed by atoms with Crippen molar-refractivity contribution in [2.45, 2.75) is 0 Å². The molecule has 5 heteroatoms. The second-order valence-corrected chi connectivity index (χ2v) is 2.24. The van der Waals surface area contributed by atoms with Crippen molar-refractivity contribution in [1.29, 1.82) is 0 Å². The summed E-state index contributed by atoms with van der Waals surface area (Å²) in [6.45, 7) is 0. The summed E-state index contributed by atoms with van der Waals surface area (Å²) in [4.78, 5) is 18.2. The number of carbonyl (C=O) groups excluding carboxylic acids is 1. The van der Waals surface area contributed by atoms with Gasteiger partial charge in [0.15, 0.2) is 0 Å². The number of hydrogen-bond donors (Lipinski definition) is 0. The van der Waals surface area contributed by atoms with E-state index in [1.165, 1.54) is 6.33 Å². The summed E-state index contributed by atoms with van der Waals surface area (Å²) in [5, 5.41) is 0.